The lowest BCUT2D eigenvalue weighted by molar-refractivity contribution is -0.126. The van der Waals surface area contributed by atoms with Crippen molar-refractivity contribution in [2.75, 3.05) is 6.61 Å². The van der Waals surface area contributed by atoms with E-state index >= 15 is 0 Å². The van der Waals surface area contributed by atoms with Gasteiger partial charge in [-0.25, -0.2) is 0 Å². The Morgan fingerprint density at radius 3 is 2.85 bits per heavy atom. The van der Waals surface area contributed by atoms with Gasteiger partial charge >= 0.3 is 0 Å². The average molecular weight is 186 g/mol. The quantitative estimate of drug-likeness (QED) is 0.631. The van der Waals surface area contributed by atoms with E-state index < -0.39 is 5.91 Å². The number of amides is 1. The van der Waals surface area contributed by atoms with Crippen LogP contribution in [0.25, 0.3) is 0 Å². The molecule has 1 aliphatic rings. The maximum atomic E-state index is 10.4. The van der Waals surface area contributed by atoms with Crippen molar-refractivity contribution in [3.63, 3.8) is 0 Å². The lowest BCUT2D eigenvalue weighted by atomic mass is 9.92. The van der Waals surface area contributed by atoms with Gasteiger partial charge in [0.2, 0.25) is 5.91 Å². The van der Waals surface area contributed by atoms with Crippen molar-refractivity contribution in [3.05, 3.63) is 0 Å². The summed E-state index contributed by atoms with van der Waals surface area (Å²) in [5, 5.41) is 0. The average Bonchev–Trinajstić information content (AvgIpc) is 2.29. The Hall–Kier alpha value is -0.610. The van der Waals surface area contributed by atoms with Crippen LogP contribution in [-0.2, 0) is 9.63 Å². The highest BCUT2D eigenvalue weighted by Gasteiger charge is 2.30. The number of carbonyl (C=O) groups is 1. The predicted octanol–water partition coefficient (Wildman–Crippen LogP) is 0.572. The van der Waals surface area contributed by atoms with Gasteiger partial charge in [-0.3, -0.25) is 9.63 Å². The Bertz CT molecular complexity index is 192. The molecule has 0 aromatic rings. The Morgan fingerprint density at radius 2 is 2.38 bits per heavy atom. The lowest BCUT2D eigenvalue weighted by Gasteiger charge is -2.17. The third kappa shape index (κ3) is 3.74. The Labute approximate surface area is 78.8 Å². The van der Waals surface area contributed by atoms with E-state index in [0.717, 1.165) is 12.8 Å². The SMILES string of the molecule is CC1(C)CCC(NOCC(N)=O)C1. The van der Waals surface area contributed by atoms with E-state index in [2.05, 4.69) is 19.3 Å². The van der Waals surface area contributed by atoms with Crippen LogP contribution in [-0.4, -0.2) is 18.6 Å². The minimum absolute atomic E-state index is 0.0447. The van der Waals surface area contributed by atoms with Crippen LogP contribution in [0.15, 0.2) is 0 Å². The van der Waals surface area contributed by atoms with E-state index in [1.54, 1.807) is 0 Å². The van der Waals surface area contributed by atoms with Crippen molar-refractivity contribution in [1.82, 2.24) is 5.48 Å². The number of rotatable bonds is 4. The van der Waals surface area contributed by atoms with Crippen LogP contribution >= 0.6 is 0 Å². The van der Waals surface area contributed by atoms with Crippen molar-refractivity contribution in [3.8, 4) is 0 Å². The standard InChI is InChI=1S/C9H18N2O2/c1-9(2)4-3-7(5-9)11-13-6-8(10)12/h7,11H,3-6H2,1-2H3,(H2,10,12). The molecule has 1 unspecified atom stereocenters. The van der Waals surface area contributed by atoms with Crippen molar-refractivity contribution in [2.45, 2.75) is 39.2 Å². The summed E-state index contributed by atoms with van der Waals surface area (Å²) < 4.78 is 0. The van der Waals surface area contributed by atoms with Crippen LogP contribution in [0.5, 0.6) is 0 Å². The van der Waals surface area contributed by atoms with Crippen LogP contribution in [0.2, 0.25) is 0 Å². The van der Waals surface area contributed by atoms with Crippen LogP contribution in [0.4, 0.5) is 0 Å². The normalized spacial score (nSPS) is 26.2. The van der Waals surface area contributed by atoms with Gasteiger partial charge in [0.25, 0.3) is 0 Å². The molecule has 1 atom stereocenters. The molecule has 1 fully saturated rings. The fourth-order valence-electron chi connectivity index (χ4n) is 1.77. The predicted molar refractivity (Wildman–Crippen MR) is 49.7 cm³/mol. The van der Waals surface area contributed by atoms with Crippen LogP contribution in [0.1, 0.15) is 33.1 Å². The molecule has 0 aromatic heterocycles. The molecule has 13 heavy (non-hydrogen) atoms. The fourth-order valence-corrected chi connectivity index (χ4v) is 1.77. The third-order valence-electron chi connectivity index (χ3n) is 2.43. The molecule has 1 aliphatic carbocycles. The van der Waals surface area contributed by atoms with E-state index in [9.17, 15) is 4.79 Å². The minimum Gasteiger partial charge on any atom is -0.368 e. The number of nitrogens with two attached hydrogens (primary N) is 1. The van der Waals surface area contributed by atoms with Crippen molar-refractivity contribution in [1.29, 1.82) is 0 Å². The second kappa shape index (κ2) is 4.07. The summed E-state index contributed by atoms with van der Waals surface area (Å²) in [5.41, 5.74) is 8.19. The number of hydrogen-bond donors (Lipinski definition) is 2. The summed E-state index contributed by atoms with van der Waals surface area (Å²) in [6, 6.07) is 0.370. The molecule has 0 aromatic carbocycles. The first-order valence-corrected chi connectivity index (χ1v) is 4.65. The van der Waals surface area contributed by atoms with Crippen molar-refractivity contribution >= 4 is 5.91 Å². The molecule has 76 valence electrons. The highest BCUT2D eigenvalue weighted by molar-refractivity contribution is 5.74. The van der Waals surface area contributed by atoms with E-state index in [-0.39, 0.29) is 6.61 Å². The highest BCUT2D eigenvalue weighted by Crippen LogP contribution is 2.36. The molecule has 0 aliphatic heterocycles. The van der Waals surface area contributed by atoms with E-state index in [4.69, 9.17) is 10.6 Å². The van der Waals surface area contributed by atoms with Crippen LogP contribution in [0, 0.1) is 5.41 Å². The minimum atomic E-state index is -0.440. The first-order chi connectivity index (χ1) is 5.99. The second-order valence-electron chi connectivity index (χ2n) is 4.48. The molecule has 0 bridgehead atoms. The molecule has 4 heteroatoms. The van der Waals surface area contributed by atoms with Gasteiger partial charge in [0.05, 0.1) is 0 Å². The van der Waals surface area contributed by atoms with Gasteiger partial charge in [0.15, 0.2) is 0 Å². The van der Waals surface area contributed by atoms with Crippen LogP contribution in [0.3, 0.4) is 0 Å². The van der Waals surface area contributed by atoms with E-state index in [0.29, 0.717) is 11.5 Å². The Balaban J connectivity index is 2.14. The van der Waals surface area contributed by atoms with Gasteiger partial charge in [-0.2, -0.15) is 5.48 Å². The topological polar surface area (TPSA) is 64.3 Å². The van der Waals surface area contributed by atoms with Gasteiger partial charge < -0.3 is 5.73 Å². The zero-order valence-electron chi connectivity index (χ0n) is 8.30. The molecule has 0 radical (unpaired) electrons. The smallest absolute Gasteiger partial charge is 0.245 e. The molecular formula is C9H18N2O2. The third-order valence-corrected chi connectivity index (χ3v) is 2.43. The monoisotopic (exact) mass is 186 g/mol. The Kier molecular flexibility index (Phi) is 3.27. The number of primary amides is 1. The number of hydroxylamine groups is 1. The largest absolute Gasteiger partial charge is 0.368 e. The molecule has 0 spiro atoms. The maximum Gasteiger partial charge on any atom is 0.245 e. The summed E-state index contributed by atoms with van der Waals surface area (Å²) >= 11 is 0. The summed E-state index contributed by atoms with van der Waals surface area (Å²) in [5.74, 6) is -0.440. The summed E-state index contributed by atoms with van der Waals surface area (Å²) in [7, 11) is 0. The summed E-state index contributed by atoms with van der Waals surface area (Å²) in [6.07, 6.45) is 3.39. The maximum absolute atomic E-state index is 10.4. The van der Waals surface area contributed by atoms with E-state index in [1.807, 2.05) is 0 Å². The van der Waals surface area contributed by atoms with Gasteiger partial charge in [-0.1, -0.05) is 13.8 Å². The van der Waals surface area contributed by atoms with Crippen molar-refractivity contribution < 1.29 is 9.63 Å². The van der Waals surface area contributed by atoms with E-state index in [1.165, 1.54) is 6.42 Å². The zero-order valence-corrected chi connectivity index (χ0v) is 8.30. The number of carbonyl (C=O) groups excluding carboxylic acids is 1. The fraction of sp³-hybridized carbons (Fsp3) is 0.889. The van der Waals surface area contributed by atoms with Crippen LogP contribution < -0.4 is 11.2 Å². The zero-order chi connectivity index (χ0) is 9.90. The molecule has 0 saturated heterocycles. The summed E-state index contributed by atoms with van der Waals surface area (Å²) in [4.78, 5) is 15.3. The van der Waals surface area contributed by atoms with Gasteiger partial charge in [-0.05, 0) is 24.7 Å². The second-order valence-corrected chi connectivity index (χ2v) is 4.48. The number of hydrogen-bond acceptors (Lipinski definition) is 3. The molecule has 0 heterocycles. The molecular weight excluding hydrogens is 168 g/mol. The summed E-state index contributed by atoms with van der Waals surface area (Å²) in [6.45, 7) is 4.43. The Morgan fingerprint density at radius 1 is 1.69 bits per heavy atom. The first kappa shape index (κ1) is 10.5. The molecule has 1 rings (SSSR count). The van der Waals surface area contributed by atoms with Crippen molar-refractivity contribution in [2.24, 2.45) is 11.1 Å². The van der Waals surface area contributed by atoms with Gasteiger partial charge in [-0.15, -0.1) is 0 Å². The molecule has 1 saturated carbocycles. The molecule has 3 N–H and O–H groups in total. The first-order valence-electron chi connectivity index (χ1n) is 4.65. The highest BCUT2D eigenvalue weighted by atomic mass is 16.6. The number of nitrogens with one attached hydrogen (secondary N) is 1. The molecule has 1 amide bonds. The molecule has 4 nitrogen and oxygen atoms in total. The lowest BCUT2D eigenvalue weighted by Crippen LogP contribution is -2.31. The van der Waals surface area contributed by atoms with Gasteiger partial charge in [0, 0.05) is 6.04 Å². The van der Waals surface area contributed by atoms with Gasteiger partial charge in [0.1, 0.15) is 6.61 Å².